The monoisotopic (exact) mass is 364 g/mol. The average molecular weight is 364 g/mol. The molecule has 4 rings (SSSR count). The van der Waals surface area contributed by atoms with E-state index < -0.39 is 0 Å². The molecule has 2 aromatic rings. The molecular weight excluding hydrogens is 344 g/mol. The Labute approximate surface area is 157 Å². The van der Waals surface area contributed by atoms with Crippen LogP contribution in [0.2, 0.25) is 0 Å². The number of fused-ring (bicyclic) bond motifs is 1. The normalized spacial score (nSPS) is 15.8. The number of hydrogen-bond donors (Lipinski definition) is 1. The molecule has 0 saturated carbocycles. The van der Waals surface area contributed by atoms with Gasteiger partial charge < -0.3 is 24.6 Å². The summed E-state index contributed by atoms with van der Waals surface area (Å²) in [4.78, 5) is 16.5. The molecule has 0 unspecified atom stereocenters. The molecule has 0 atom stereocenters. The summed E-state index contributed by atoms with van der Waals surface area (Å²) in [6, 6.07) is 14.8. The van der Waals surface area contributed by atoms with Crippen molar-refractivity contribution in [1.29, 1.82) is 5.26 Å². The summed E-state index contributed by atoms with van der Waals surface area (Å²) in [5.41, 5.74) is 2.23. The second-order valence-electron chi connectivity index (χ2n) is 6.42. The highest BCUT2D eigenvalue weighted by Crippen LogP contribution is 2.34. The fraction of sp³-hybridized carbons (Fsp3) is 0.300. The molecule has 1 N–H and O–H groups in total. The first-order valence-electron chi connectivity index (χ1n) is 8.93. The Kier molecular flexibility index (Phi) is 4.71. The van der Waals surface area contributed by atoms with E-state index in [-0.39, 0.29) is 6.03 Å². The van der Waals surface area contributed by atoms with Crippen LogP contribution in [-0.4, -0.2) is 50.3 Å². The third kappa shape index (κ3) is 3.75. The zero-order valence-corrected chi connectivity index (χ0v) is 14.9. The number of benzene rings is 2. The number of hydrogen-bond acceptors (Lipinski definition) is 5. The van der Waals surface area contributed by atoms with Crippen molar-refractivity contribution in [2.24, 2.45) is 0 Å². The summed E-state index contributed by atoms with van der Waals surface area (Å²) >= 11 is 0. The Hall–Kier alpha value is -3.40. The predicted molar refractivity (Wildman–Crippen MR) is 101 cm³/mol. The SMILES string of the molecule is N#Cc1cccc(NC(=O)N2CCN(c3ccc4c(c3)OCCO4)CC2)c1. The van der Waals surface area contributed by atoms with Gasteiger partial charge in [0, 0.05) is 43.6 Å². The summed E-state index contributed by atoms with van der Waals surface area (Å²) in [6.07, 6.45) is 0. The molecule has 138 valence electrons. The van der Waals surface area contributed by atoms with Crippen LogP contribution in [0.4, 0.5) is 16.2 Å². The molecule has 2 aromatic carbocycles. The molecule has 2 aliphatic heterocycles. The van der Waals surface area contributed by atoms with Crippen LogP contribution >= 0.6 is 0 Å². The van der Waals surface area contributed by atoms with Gasteiger partial charge in [-0.3, -0.25) is 0 Å². The first kappa shape index (κ1) is 17.0. The summed E-state index contributed by atoms with van der Waals surface area (Å²) in [6.45, 7) is 3.88. The minimum absolute atomic E-state index is 0.146. The van der Waals surface area contributed by atoms with E-state index in [0.717, 1.165) is 30.3 Å². The molecule has 0 spiro atoms. The van der Waals surface area contributed by atoms with Gasteiger partial charge in [0.1, 0.15) is 13.2 Å². The van der Waals surface area contributed by atoms with Gasteiger partial charge in [0.05, 0.1) is 11.6 Å². The average Bonchev–Trinajstić information content (AvgIpc) is 2.73. The third-order valence-corrected chi connectivity index (χ3v) is 4.70. The number of nitrogens with zero attached hydrogens (tertiary/aromatic N) is 3. The van der Waals surface area contributed by atoms with Crippen LogP contribution in [0.5, 0.6) is 11.5 Å². The van der Waals surface area contributed by atoms with Gasteiger partial charge in [-0.25, -0.2) is 4.79 Å². The second kappa shape index (κ2) is 7.46. The molecule has 2 heterocycles. The number of amides is 2. The number of rotatable bonds is 2. The van der Waals surface area contributed by atoms with Gasteiger partial charge in [0.2, 0.25) is 0 Å². The molecular formula is C20H20N4O3. The Balaban J connectivity index is 1.36. The largest absolute Gasteiger partial charge is 0.486 e. The van der Waals surface area contributed by atoms with Crippen molar-refractivity contribution in [3.8, 4) is 17.6 Å². The Bertz CT molecular complexity index is 885. The fourth-order valence-corrected chi connectivity index (χ4v) is 3.27. The number of ether oxygens (including phenoxy) is 2. The molecule has 1 fully saturated rings. The number of anilines is 2. The van der Waals surface area contributed by atoms with Crippen LogP contribution in [0.25, 0.3) is 0 Å². The Morgan fingerprint density at radius 1 is 1.00 bits per heavy atom. The highest BCUT2D eigenvalue weighted by Gasteiger charge is 2.22. The number of piperazine rings is 1. The first-order chi connectivity index (χ1) is 13.2. The van der Waals surface area contributed by atoms with Crippen molar-refractivity contribution in [3.05, 3.63) is 48.0 Å². The van der Waals surface area contributed by atoms with Gasteiger partial charge in [0.25, 0.3) is 0 Å². The number of nitriles is 1. The second-order valence-corrected chi connectivity index (χ2v) is 6.42. The lowest BCUT2D eigenvalue weighted by molar-refractivity contribution is 0.171. The third-order valence-electron chi connectivity index (χ3n) is 4.70. The van der Waals surface area contributed by atoms with Gasteiger partial charge in [-0.05, 0) is 30.3 Å². The van der Waals surface area contributed by atoms with E-state index in [9.17, 15) is 4.79 Å². The van der Waals surface area contributed by atoms with Gasteiger partial charge in [0.15, 0.2) is 11.5 Å². The van der Waals surface area contributed by atoms with E-state index in [0.29, 0.717) is 37.6 Å². The van der Waals surface area contributed by atoms with Crippen molar-refractivity contribution < 1.29 is 14.3 Å². The molecule has 2 aliphatic rings. The smallest absolute Gasteiger partial charge is 0.321 e. The van der Waals surface area contributed by atoms with E-state index in [4.69, 9.17) is 14.7 Å². The lowest BCUT2D eigenvalue weighted by Gasteiger charge is -2.36. The van der Waals surface area contributed by atoms with Crippen LogP contribution in [0.3, 0.4) is 0 Å². The number of urea groups is 1. The molecule has 27 heavy (non-hydrogen) atoms. The lowest BCUT2D eigenvalue weighted by atomic mass is 10.2. The topological polar surface area (TPSA) is 77.8 Å². The van der Waals surface area contributed by atoms with Gasteiger partial charge in [-0.15, -0.1) is 0 Å². The van der Waals surface area contributed by atoms with E-state index in [1.54, 1.807) is 29.2 Å². The van der Waals surface area contributed by atoms with Gasteiger partial charge in [-0.2, -0.15) is 5.26 Å². The van der Waals surface area contributed by atoms with E-state index in [1.165, 1.54) is 0 Å². The number of nitrogens with one attached hydrogen (secondary N) is 1. The minimum atomic E-state index is -0.146. The van der Waals surface area contributed by atoms with Crippen molar-refractivity contribution in [3.63, 3.8) is 0 Å². The highest BCUT2D eigenvalue weighted by molar-refractivity contribution is 5.89. The van der Waals surface area contributed by atoms with Gasteiger partial charge >= 0.3 is 6.03 Å². The molecule has 0 radical (unpaired) electrons. The van der Waals surface area contributed by atoms with Crippen LogP contribution in [0, 0.1) is 11.3 Å². The minimum Gasteiger partial charge on any atom is -0.486 e. The Morgan fingerprint density at radius 3 is 2.56 bits per heavy atom. The van der Waals surface area contributed by atoms with Crippen LogP contribution in [0.1, 0.15) is 5.56 Å². The number of carbonyl (C=O) groups is 1. The predicted octanol–water partition coefficient (Wildman–Crippen LogP) is 2.68. The maximum Gasteiger partial charge on any atom is 0.321 e. The fourth-order valence-electron chi connectivity index (χ4n) is 3.27. The van der Waals surface area contributed by atoms with Crippen molar-refractivity contribution in [2.45, 2.75) is 0 Å². The first-order valence-corrected chi connectivity index (χ1v) is 8.93. The van der Waals surface area contributed by atoms with E-state index in [2.05, 4.69) is 16.3 Å². The van der Waals surface area contributed by atoms with E-state index in [1.807, 2.05) is 18.2 Å². The molecule has 0 bridgehead atoms. The van der Waals surface area contributed by atoms with Gasteiger partial charge in [-0.1, -0.05) is 6.07 Å². The van der Waals surface area contributed by atoms with Crippen LogP contribution in [0.15, 0.2) is 42.5 Å². The van der Waals surface area contributed by atoms with Crippen molar-refractivity contribution in [1.82, 2.24) is 4.90 Å². The van der Waals surface area contributed by atoms with Crippen molar-refractivity contribution >= 4 is 17.4 Å². The standard InChI is InChI=1S/C20H20N4O3/c21-14-15-2-1-3-16(12-15)22-20(25)24-8-6-23(7-9-24)17-4-5-18-19(13-17)27-11-10-26-18/h1-5,12-13H,6-11H2,(H,22,25). The zero-order chi connectivity index (χ0) is 18.6. The highest BCUT2D eigenvalue weighted by atomic mass is 16.6. The van der Waals surface area contributed by atoms with Crippen LogP contribution < -0.4 is 19.7 Å². The quantitative estimate of drug-likeness (QED) is 0.886. The molecule has 0 aromatic heterocycles. The lowest BCUT2D eigenvalue weighted by Crippen LogP contribution is -2.50. The maximum atomic E-state index is 12.5. The molecule has 7 nitrogen and oxygen atoms in total. The Morgan fingerprint density at radius 2 is 1.78 bits per heavy atom. The zero-order valence-electron chi connectivity index (χ0n) is 14.9. The molecule has 1 saturated heterocycles. The molecule has 0 aliphatic carbocycles. The summed E-state index contributed by atoms with van der Waals surface area (Å²) in [5, 5.41) is 11.8. The maximum absolute atomic E-state index is 12.5. The summed E-state index contributed by atoms with van der Waals surface area (Å²) in [7, 11) is 0. The van der Waals surface area contributed by atoms with Crippen LogP contribution in [-0.2, 0) is 0 Å². The summed E-state index contributed by atoms with van der Waals surface area (Å²) < 4.78 is 11.2. The summed E-state index contributed by atoms with van der Waals surface area (Å²) in [5.74, 6) is 1.55. The molecule has 2 amide bonds. The van der Waals surface area contributed by atoms with Crippen molar-refractivity contribution in [2.75, 3.05) is 49.6 Å². The van der Waals surface area contributed by atoms with E-state index >= 15 is 0 Å². The number of carbonyl (C=O) groups excluding carboxylic acids is 1. The molecule has 7 heteroatoms.